The van der Waals surface area contributed by atoms with Crippen molar-refractivity contribution in [3.63, 3.8) is 0 Å². The molecule has 0 heterocycles. The standard InChI is InChI=1S/C24H20N2O/c1-18(20-8-4-2-5-9-20)26-24(27)23(17-25)16-19-12-14-22(15-13-19)21-10-6-3-7-11-21/h2-16,18H,1H3,(H,26,27)/b23-16-. The van der Waals surface area contributed by atoms with Gasteiger partial charge in [0.1, 0.15) is 11.6 Å². The SMILES string of the molecule is CC(NC(=O)/C(C#N)=C\c1ccc(-c2ccccc2)cc1)c1ccccc1. The zero-order valence-corrected chi connectivity index (χ0v) is 15.1. The van der Waals surface area contributed by atoms with Crippen LogP contribution in [0.2, 0.25) is 0 Å². The molecule has 27 heavy (non-hydrogen) atoms. The van der Waals surface area contributed by atoms with Crippen molar-refractivity contribution in [2.24, 2.45) is 0 Å². The van der Waals surface area contributed by atoms with Crippen LogP contribution in [-0.2, 0) is 4.79 Å². The summed E-state index contributed by atoms with van der Waals surface area (Å²) < 4.78 is 0. The van der Waals surface area contributed by atoms with Crippen molar-refractivity contribution in [3.05, 3.63) is 102 Å². The van der Waals surface area contributed by atoms with Crippen molar-refractivity contribution in [2.75, 3.05) is 0 Å². The fourth-order valence-corrected chi connectivity index (χ4v) is 2.82. The largest absolute Gasteiger partial charge is 0.345 e. The van der Waals surface area contributed by atoms with Crippen LogP contribution >= 0.6 is 0 Å². The molecule has 1 N–H and O–H groups in total. The predicted octanol–water partition coefficient (Wildman–Crippen LogP) is 5.14. The molecular weight excluding hydrogens is 332 g/mol. The highest BCUT2D eigenvalue weighted by atomic mass is 16.1. The second-order valence-electron chi connectivity index (χ2n) is 6.26. The van der Waals surface area contributed by atoms with E-state index in [1.54, 1.807) is 6.08 Å². The highest BCUT2D eigenvalue weighted by molar-refractivity contribution is 6.01. The van der Waals surface area contributed by atoms with E-state index < -0.39 is 0 Å². The normalized spacial score (nSPS) is 12.1. The van der Waals surface area contributed by atoms with Gasteiger partial charge in [0.15, 0.2) is 0 Å². The van der Waals surface area contributed by atoms with Gasteiger partial charge in [0.2, 0.25) is 0 Å². The summed E-state index contributed by atoms with van der Waals surface area (Å²) in [7, 11) is 0. The van der Waals surface area contributed by atoms with Gasteiger partial charge >= 0.3 is 0 Å². The molecule has 3 aromatic carbocycles. The van der Waals surface area contributed by atoms with Crippen molar-refractivity contribution >= 4 is 12.0 Å². The molecular formula is C24H20N2O. The van der Waals surface area contributed by atoms with E-state index in [1.165, 1.54) is 0 Å². The molecule has 3 aromatic rings. The lowest BCUT2D eigenvalue weighted by atomic mass is 10.0. The average Bonchev–Trinajstić information content (AvgIpc) is 2.73. The van der Waals surface area contributed by atoms with E-state index in [-0.39, 0.29) is 17.5 Å². The zero-order chi connectivity index (χ0) is 19.1. The molecule has 0 spiro atoms. The summed E-state index contributed by atoms with van der Waals surface area (Å²) in [6.45, 7) is 1.90. The van der Waals surface area contributed by atoms with E-state index in [0.717, 1.165) is 22.3 Å². The van der Waals surface area contributed by atoms with Crippen LogP contribution < -0.4 is 5.32 Å². The molecule has 1 amide bonds. The van der Waals surface area contributed by atoms with Gasteiger partial charge in [0.25, 0.3) is 5.91 Å². The minimum absolute atomic E-state index is 0.0882. The first kappa shape index (κ1) is 18.2. The number of amides is 1. The summed E-state index contributed by atoms with van der Waals surface area (Å²) >= 11 is 0. The van der Waals surface area contributed by atoms with E-state index >= 15 is 0 Å². The molecule has 3 nitrogen and oxygen atoms in total. The van der Waals surface area contributed by atoms with Crippen LogP contribution in [0, 0.1) is 11.3 Å². The molecule has 0 bridgehead atoms. The molecule has 0 saturated carbocycles. The van der Waals surface area contributed by atoms with Gasteiger partial charge in [-0.25, -0.2) is 0 Å². The molecule has 1 unspecified atom stereocenters. The van der Waals surface area contributed by atoms with E-state index in [1.807, 2.05) is 97.9 Å². The molecule has 0 fully saturated rings. The number of nitrogens with one attached hydrogen (secondary N) is 1. The zero-order valence-electron chi connectivity index (χ0n) is 15.1. The maximum atomic E-state index is 12.4. The molecule has 1 atom stereocenters. The maximum absolute atomic E-state index is 12.4. The Balaban J connectivity index is 1.74. The number of rotatable bonds is 5. The van der Waals surface area contributed by atoms with Gasteiger partial charge in [-0.1, -0.05) is 84.9 Å². The Hall–Kier alpha value is -3.64. The molecule has 0 saturated heterocycles. The number of nitrogens with zero attached hydrogens (tertiary/aromatic N) is 1. The summed E-state index contributed by atoms with van der Waals surface area (Å²) in [5, 5.41) is 12.3. The number of benzene rings is 3. The molecule has 3 rings (SSSR count). The van der Waals surface area contributed by atoms with E-state index in [9.17, 15) is 10.1 Å². The molecule has 0 aliphatic carbocycles. The van der Waals surface area contributed by atoms with Gasteiger partial charge in [0, 0.05) is 0 Å². The van der Waals surface area contributed by atoms with Crippen molar-refractivity contribution in [3.8, 4) is 17.2 Å². The number of nitriles is 1. The third-order valence-electron chi connectivity index (χ3n) is 4.34. The fourth-order valence-electron chi connectivity index (χ4n) is 2.82. The highest BCUT2D eigenvalue weighted by Crippen LogP contribution is 2.20. The minimum Gasteiger partial charge on any atom is -0.345 e. The minimum atomic E-state index is -0.374. The topological polar surface area (TPSA) is 52.9 Å². The molecule has 132 valence electrons. The summed E-state index contributed by atoms with van der Waals surface area (Å²) in [5.41, 5.74) is 4.12. The first-order valence-corrected chi connectivity index (χ1v) is 8.80. The maximum Gasteiger partial charge on any atom is 0.262 e. The number of hydrogen-bond acceptors (Lipinski definition) is 2. The lowest BCUT2D eigenvalue weighted by Crippen LogP contribution is -2.27. The highest BCUT2D eigenvalue weighted by Gasteiger charge is 2.13. The van der Waals surface area contributed by atoms with Crippen molar-refractivity contribution in [1.82, 2.24) is 5.32 Å². The average molecular weight is 352 g/mol. The van der Waals surface area contributed by atoms with E-state index in [4.69, 9.17) is 0 Å². The Morgan fingerprint density at radius 3 is 2.04 bits per heavy atom. The van der Waals surface area contributed by atoms with Gasteiger partial charge in [-0.3, -0.25) is 4.79 Å². The van der Waals surface area contributed by atoms with Crippen molar-refractivity contribution in [1.29, 1.82) is 5.26 Å². The quantitative estimate of drug-likeness (QED) is 0.511. The first-order valence-electron chi connectivity index (χ1n) is 8.80. The predicted molar refractivity (Wildman–Crippen MR) is 108 cm³/mol. The van der Waals surface area contributed by atoms with Gasteiger partial charge in [-0.2, -0.15) is 5.26 Å². The molecule has 0 aromatic heterocycles. The second kappa shape index (κ2) is 8.64. The lowest BCUT2D eigenvalue weighted by Gasteiger charge is -2.13. The third-order valence-corrected chi connectivity index (χ3v) is 4.34. The summed E-state index contributed by atoms with van der Waals surface area (Å²) in [6, 6.07) is 29.4. The van der Waals surface area contributed by atoms with Gasteiger partial charge < -0.3 is 5.32 Å². The Kier molecular flexibility index (Phi) is 5.81. The van der Waals surface area contributed by atoms with E-state index in [2.05, 4.69) is 5.32 Å². The van der Waals surface area contributed by atoms with Crippen LogP contribution in [0.5, 0.6) is 0 Å². The molecule has 0 radical (unpaired) electrons. The van der Waals surface area contributed by atoms with Crippen LogP contribution in [0.3, 0.4) is 0 Å². The van der Waals surface area contributed by atoms with Gasteiger partial charge in [0.05, 0.1) is 6.04 Å². The van der Waals surface area contributed by atoms with Gasteiger partial charge in [-0.15, -0.1) is 0 Å². The smallest absolute Gasteiger partial charge is 0.262 e. The second-order valence-corrected chi connectivity index (χ2v) is 6.26. The van der Waals surface area contributed by atoms with Crippen LogP contribution in [-0.4, -0.2) is 5.91 Å². The summed E-state index contributed by atoms with van der Waals surface area (Å²) in [5.74, 6) is -0.374. The first-order chi connectivity index (χ1) is 13.2. The van der Waals surface area contributed by atoms with Crippen LogP contribution in [0.4, 0.5) is 0 Å². The lowest BCUT2D eigenvalue weighted by molar-refractivity contribution is -0.117. The molecule has 3 heteroatoms. The van der Waals surface area contributed by atoms with Crippen molar-refractivity contribution in [2.45, 2.75) is 13.0 Å². The number of hydrogen-bond donors (Lipinski definition) is 1. The Bertz CT molecular complexity index is 968. The molecule has 0 aliphatic rings. The Morgan fingerprint density at radius 2 is 1.44 bits per heavy atom. The Morgan fingerprint density at radius 1 is 0.889 bits per heavy atom. The summed E-state index contributed by atoms with van der Waals surface area (Å²) in [4.78, 5) is 12.4. The number of carbonyl (C=O) groups is 1. The van der Waals surface area contributed by atoms with E-state index in [0.29, 0.717) is 0 Å². The van der Waals surface area contributed by atoms with Crippen LogP contribution in [0.1, 0.15) is 24.1 Å². The number of carbonyl (C=O) groups excluding carboxylic acids is 1. The third kappa shape index (κ3) is 4.71. The summed E-state index contributed by atoms with van der Waals surface area (Å²) in [6.07, 6.45) is 1.61. The van der Waals surface area contributed by atoms with Crippen molar-refractivity contribution < 1.29 is 4.79 Å². The fraction of sp³-hybridized carbons (Fsp3) is 0.0833. The van der Waals surface area contributed by atoms with Gasteiger partial charge in [-0.05, 0) is 35.3 Å². The monoisotopic (exact) mass is 352 g/mol. The molecule has 0 aliphatic heterocycles. The van der Waals surface area contributed by atoms with Crippen LogP contribution in [0.25, 0.3) is 17.2 Å². The van der Waals surface area contributed by atoms with Crippen LogP contribution in [0.15, 0.2) is 90.5 Å². The Labute approximate surface area is 159 Å².